The summed E-state index contributed by atoms with van der Waals surface area (Å²) in [6, 6.07) is 5.48. The van der Waals surface area contributed by atoms with Crippen molar-refractivity contribution in [3.63, 3.8) is 0 Å². The Morgan fingerprint density at radius 1 is 1.29 bits per heavy atom. The Kier molecular flexibility index (Phi) is 4.00. The van der Waals surface area contributed by atoms with Crippen LogP contribution in [0.25, 0.3) is 0 Å². The molecule has 1 aromatic carbocycles. The van der Waals surface area contributed by atoms with Crippen LogP contribution in [0.4, 0.5) is 10.1 Å². The van der Waals surface area contributed by atoms with Crippen molar-refractivity contribution in [3.05, 3.63) is 29.6 Å². The van der Waals surface area contributed by atoms with E-state index in [1.807, 2.05) is 13.0 Å². The molecular formula is C14H21FN2. The van der Waals surface area contributed by atoms with Crippen molar-refractivity contribution < 1.29 is 4.39 Å². The number of halogens is 1. The van der Waals surface area contributed by atoms with E-state index in [0.29, 0.717) is 6.04 Å². The van der Waals surface area contributed by atoms with Crippen molar-refractivity contribution in [2.75, 3.05) is 25.5 Å². The minimum atomic E-state index is -0.159. The Morgan fingerprint density at radius 3 is 2.88 bits per heavy atom. The number of benzene rings is 1. The van der Waals surface area contributed by atoms with E-state index in [1.165, 1.54) is 25.5 Å². The molecule has 0 saturated carbocycles. The molecule has 1 fully saturated rings. The predicted octanol–water partition coefficient (Wildman–Crippen LogP) is 3.03. The Hall–Kier alpha value is -1.09. The fourth-order valence-corrected chi connectivity index (χ4v) is 2.39. The first-order valence-corrected chi connectivity index (χ1v) is 6.36. The smallest absolute Gasteiger partial charge is 0.123 e. The zero-order valence-electron chi connectivity index (χ0n) is 10.7. The summed E-state index contributed by atoms with van der Waals surface area (Å²) in [5.74, 6) is -0.159. The third-order valence-electron chi connectivity index (χ3n) is 3.50. The van der Waals surface area contributed by atoms with Gasteiger partial charge in [0.15, 0.2) is 0 Å². The summed E-state index contributed by atoms with van der Waals surface area (Å²) in [7, 11) is 2.17. The van der Waals surface area contributed by atoms with Gasteiger partial charge in [-0.25, -0.2) is 4.39 Å². The third-order valence-corrected chi connectivity index (χ3v) is 3.50. The van der Waals surface area contributed by atoms with Crippen LogP contribution in [0.5, 0.6) is 0 Å². The molecule has 2 nitrogen and oxygen atoms in total. The lowest BCUT2D eigenvalue weighted by molar-refractivity contribution is 0.348. The summed E-state index contributed by atoms with van der Waals surface area (Å²) < 4.78 is 13.0. The maximum Gasteiger partial charge on any atom is 0.123 e. The van der Waals surface area contributed by atoms with E-state index in [2.05, 4.69) is 17.3 Å². The average Bonchev–Trinajstić information content (AvgIpc) is 2.48. The zero-order valence-corrected chi connectivity index (χ0v) is 10.7. The van der Waals surface area contributed by atoms with Crippen LogP contribution in [0.15, 0.2) is 18.2 Å². The third kappa shape index (κ3) is 3.43. The summed E-state index contributed by atoms with van der Waals surface area (Å²) >= 11 is 0. The lowest BCUT2D eigenvalue weighted by Crippen LogP contribution is -2.23. The Labute approximate surface area is 103 Å². The van der Waals surface area contributed by atoms with E-state index in [0.717, 1.165) is 24.2 Å². The first-order valence-electron chi connectivity index (χ1n) is 6.36. The number of aryl methyl sites for hydroxylation is 1. The van der Waals surface area contributed by atoms with Gasteiger partial charge in [0.05, 0.1) is 0 Å². The molecule has 0 spiro atoms. The molecule has 1 aromatic rings. The summed E-state index contributed by atoms with van der Waals surface area (Å²) in [5.41, 5.74) is 2.06. The molecule has 94 valence electrons. The van der Waals surface area contributed by atoms with Crippen LogP contribution in [-0.2, 0) is 0 Å². The first kappa shape index (κ1) is 12.4. The molecule has 17 heavy (non-hydrogen) atoms. The second-order valence-corrected chi connectivity index (χ2v) is 5.03. The molecule has 0 radical (unpaired) electrons. The van der Waals surface area contributed by atoms with Gasteiger partial charge in [0.1, 0.15) is 5.82 Å². The van der Waals surface area contributed by atoms with E-state index in [9.17, 15) is 4.39 Å². The van der Waals surface area contributed by atoms with Crippen LogP contribution < -0.4 is 5.32 Å². The van der Waals surface area contributed by atoms with E-state index in [1.54, 1.807) is 6.07 Å². The van der Waals surface area contributed by atoms with Crippen LogP contribution in [0.2, 0.25) is 0 Å². The van der Waals surface area contributed by atoms with Gasteiger partial charge in [0.25, 0.3) is 0 Å². The van der Waals surface area contributed by atoms with Gasteiger partial charge >= 0.3 is 0 Å². The molecule has 1 atom stereocenters. The fraction of sp³-hybridized carbons (Fsp3) is 0.571. The van der Waals surface area contributed by atoms with Crippen molar-refractivity contribution >= 4 is 5.69 Å². The van der Waals surface area contributed by atoms with Crippen LogP contribution in [-0.4, -0.2) is 31.1 Å². The van der Waals surface area contributed by atoms with Crippen molar-refractivity contribution in [1.82, 2.24) is 4.90 Å². The highest BCUT2D eigenvalue weighted by atomic mass is 19.1. The van der Waals surface area contributed by atoms with Gasteiger partial charge in [0, 0.05) is 11.7 Å². The van der Waals surface area contributed by atoms with Crippen molar-refractivity contribution in [3.8, 4) is 0 Å². The van der Waals surface area contributed by atoms with Gasteiger partial charge in [0.2, 0.25) is 0 Å². The molecule has 0 aliphatic carbocycles. The van der Waals surface area contributed by atoms with E-state index < -0.39 is 0 Å². The molecule has 1 aliphatic heterocycles. The number of hydrogen-bond acceptors (Lipinski definition) is 2. The van der Waals surface area contributed by atoms with Crippen molar-refractivity contribution in [2.24, 2.45) is 0 Å². The molecule has 0 aromatic heterocycles. The summed E-state index contributed by atoms with van der Waals surface area (Å²) in [6.45, 7) is 4.27. The van der Waals surface area contributed by atoms with E-state index in [-0.39, 0.29) is 5.82 Å². The Balaban J connectivity index is 2.00. The van der Waals surface area contributed by atoms with Crippen molar-refractivity contribution in [2.45, 2.75) is 32.2 Å². The van der Waals surface area contributed by atoms with Gasteiger partial charge in [-0.05, 0) is 70.1 Å². The number of hydrogen-bond donors (Lipinski definition) is 1. The standard InChI is InChI=1S/C14H21FN2/c1-11-10-12(15)5-6-14(11)16-13-4-3-8-17(2)9-7-13/h5-6,10,13,16H,3-4,7-9H2,1-2H3. The molecule has 1 heterocycles. The minimum Gasteiger partial charge on any atom is -0.382 e. The number of rotatable bonds is 2. The lowest BCUT2D eigenvalue weighted by atomic mass is 10.1. The predicted molar refractivity (Wildman–Crippen MR) is 69.9 cm³/mol. The average molecular weight is 236 g/mol. The maximum atomic E-state index is 13.0. The number of likely N-dealkylation sites (tertiary alicyclic amines) is 1. The highest BCUT2D eigenvalue weighted by Crippen LogP contribution is 2.20. The van der Waals surface area contributed by atoms with E-state index >= 15 is 0 Å². The number of nitrogens with one attached hydrogen (secondary N) is 1. The minimum absolute atomic E-state index is 0.159. The summed E-state index contributed by atoms with van der Waals surface area (Å²) in [6.07, 6.45) is 3.59. The molecular weight excluding hydrogens is 215 g/mol. The quantitative estimate of drug-likeness (QED) is 0.849. The van der Waals surface area contributed by atoms with Gasteiger partial charge in [-0.2, -0.15) is 0 Å². The van der Waals surface area contributed by atoms with Crippen LogP contribution >= 0.6 is 0 Å². The molecule has 1 unspecified atom stereocenters. The molecule has 0 bridgehead atoms. The zero-order chi connectivity index (χ0) is 12.3. The van der Waals surface area contributed by atoms with Gasteiger partial charge in [-0.3, -0.25) is 0 Å². The molecule has 3 heteroatoms. The van der Waals surface area contributed by atoms with E-state index in [4.69, 9.17) is 0 Å². The van der Waals surface area contributed by atoms with Gasteiger partial charge < -0.3 is 10.2 Å². The first-order chi connectivity index (χ1) is 8.15. The Bertz CT molecular complexity index is 378. The maximum absolute atomic E-state index is 13.0. The Morgan fingerprint density at radius 2 is 2.12 bits per heavy atom. The summed E-state index contributed by atoms with van der Waals surface area (Å²) in [4.78, 5) is 2.37. The lowest BCUT2D eigenvalue weighted by Gasteiger charge is -2.19. The molecule has 1 aliphatic rings. The van der Waals surface area contributed by atoms with Crippen LogP contribution in [0, 0.1) is 12.7 Å². The molecule has 0 amide bonds. The number of anilines is 1. The van der Waals surface area contributed by atoms with Gasteiger partial charge in [-0.15, -0.1) is 0 Å². The normalized spacial score (nSPS) is 22.2. The SMILES string of the molecule is Cc1cc(F)ccc1NC1CCCN(C)CC1. The monoisotopic (exact) mass is 236 g/mol. The fourth-order valence-electron chi connectivity index (χ4n) is 2.39. The van der Waals surface area contributed by atoms with Crippen LogP contribution in [0.3, 0.4) is 0 Å². The second kappa shape index (κ2) is 5.50. The number of nitrogens with zero attached hydrogens (tertiary/aromatic N) is 1. The molecule has 1 N–H and O–H groups in total. The molecule has 2 rings (SSSR count). The van der Waals surface area contributed by atoms with Crippen molar-refractivity contribution in [1.29, 1.82) is 0 Å². The second-order valence-electron chi connectivity index (χ2n) is 5.03. The topological polar surface area (TPSA) is 15.3 Å². The largest absolute Gasteiger partial charge is 0.382 e. The van der Waals surface area contributed by atoms with Crippen LogP contribution in [0.1, 0.15) is 24.8 Å². The highest BCUT2D eigenvalue weighted by molar-refractivity contribution is 5.51. The highest BCUT2D eigenvalue weighted by Gasteiger charge is 2.15. The molecule has 1 saturated heterocycles. The summed E-state index contributed by atoms with van der Waals surface area (Å²) in [5, 5.41) is 3.54. The van der Waals surface area contributed by atoms with Gasteiger partial charge in [-0.1, -0.05) is 0 Å².